The Hall–Kier alpha value is -1.65. The molecule has 0 aromatic heterocycles. The third-order valence-electron chi connectivity index (χ3n) is 2.94. The van der Waals surface area contributed by atoms with Crippen LogP contribution < -0.4 is 10.1 Å². The topological polar surface area (TPSA) is 21.3 Å². The summed E-state index contributed by atoms with van der Waals surface area (Å²) < 4.78 is 31.5. The first-order valence-corrected chi connectivity index (χ1v) is 6.48. The van der Waals surface area contributed by atoms with E-state index in [-0.39, 0.29) is 11.8 Å². The van der Waals surface area contributed by atoms with Crippen molar-refractivity contribution in [2.45, 2.75) is 13.0 Å². The lowest BCUT2D eigenvalue weighted by molar-refractivity contribution is 0.468. The second-order valence-corrected chi connectivity index (χ2v) is 4.81. The highest BCUT2D eigenvalue weighted by Gasteiger charge is 2.09. The SMILES string of the molecule is CNC(C)c1ccc(Oc2cc(F)cc(F)c2)cc1Cl. The molecule has 2 nitrogen and oxygen atoms in total. The molecule has 0 aliphatic rings. The molecule has 0 fully saturated rings. The molecule has 5 heteroatoms. The molecule has 0 saturated carbocycles. The quantitative estimate of drug-likeness (QED) is 0.884. The van der Waals surface area contributed by atoms with Crippen LogP contribution in [-0.4, -0.2) is 7.05 Å². The standard InChI is InChI=1S/C15H14ClF2NO/c1-9(19-2)14-4-3-12(8-15(14)16)20-13-6-10(17)5-11(18)7-13/h3-9,19H,1-2H3. The first-order chi connectivity index (χ1) is 9.49. The van der Waals surface area contributed by atoms with Gasteiger partial charge in [0.1, 0.15) is 23.1 Å². The van der Waals surface area contributed by atoms with Crippen LogP contribution in [0.15, 0.2) is 36.4 Å². The number of benzene rings is 2. The highest BCUT2D eigenvalue weighted by atomic mass is 35.5. The molecule has 0 aliphatic heterocycles. The van der Waals surface area contributed by atoms with Crippen molar-refractivity contribution in [1.29, 1.82) is 0 Å². The molecule has 0 amide bonds. The van der Waals surface area contributed by atoms with E-state index in [0.29, 0.717) is 10.8 Å². The number of halogens is 3. The van der Waals surface area contributed by atoms with Gasteiger partial charge in [0, 0.05) is 29.3 Å². The van der Waals surface area contributed by atoms with E-state index in [1.54, 1.807) is 12.1 Å². The summed E-state index contributed by atoms with van der Waals surface area (Å²) in [6.07, 6.45) is 0. The lowest BCUT2D eigenvalue weighted by Crippen LogP contribution is -2.12. The summed E-state index contributed by atoms with van der Waals surface area (Å²) in [6, 6.07) is 8.25. The normalized spacial score (nSPS) is 12.2. The molecule has 1 unspecified atom stereocenters. The smallest absolute Gasteiger partial charge is 0.133 e. The van der Waals surface area contributed by atoms with Crippen molar-refractivity contribution in [3.05, 3.63) is 58.6 Å². The van der Waals surface area contributed by atoms with E-state index < -0.39 is 11.6 Å². The average Bonchev–Trinajstić information content (AvgIpc) is 2.36. The Morgan fingerprint density at radius 3 is 2.25 bits per heavy atom. The number of rotatable bonds is 4. The van der Waals surface area contributed by atoms with Crippen LogP contribution in [0.5, 0.6) is 11.5 Å². The van der Waals surface area contributed by atoms with Crippen molar-refractivity contribution in [2.75, 3.05) is 7.05 Å². The van der Waals surface area contributed by atoms with Crippen molar-refractivity contribution in [3.63, 3.8) is 0 Å². The summed E-state index contributed by atoms with van der Waals surface area (Å²) in [4.78, 5) is 0. The predicted molar refractivity (Wildman–Crippen MR) is 75.4 cm³/mol. The van der Waals surface area contributed by atoms with E-state index in [2.05, 4.69) is 5.32 Å². The largest absolute Gasteiger partial charge is 0.457 e. The number of ether oxygens (including phenoxy) is 1. The molecule has 1 N–H and O–H groups in total. The summed E-state index contributed by atoms with van der Waals surface area (Å²) in [5.41, 5.74) is 0.923. The lowest BCUT2D eigenvalue weighted by Gasteiger charge is -2.14. The highest BCUT2D eigenvalue weighted by molar-refractivity contribution is 6.31. The van der Waals surface area contributed by atoms with Crippen LogP contribution >= 0.6 is 11.6 Å². The zero-order valence-electron chi connectivity index (χ0n) is 11.1. The molecule has 2 aromatic carbocycles. The van der Waals surface area contributed by atoms with Gasteiger partial charge in [-0.1, -0.05) is 17.7 Å². The molecule has 20 heavy (non-hydrogen) atoms. The van der Waals surface area contributed by atoms with Gasteiger partial charge in [-0.15, -0.1) is 0 Å². The maximum absolute atomic E-state index is 13.1. The molecule has 0 heterocycles. The highest BCUT2D eigenvalue weighted by Crippen LogP contribution is 2.30. The molecule has 2 rings (SSSR count). The van der Waals surface area contributed by atoms with Crippen molar-refractivity contribution in [3.8, 4) is 11.5 Å². The molecule has 0 radical (unpaired) electrons. The van der Waals surface area contributed by atoms with Gasteiger partial charge in [0.25, 0.3) is 0 Å². The molecule has 0 aliphatic carbocycles. The Labute approximate surface area is 121 Å². The van der Waals surface area contributed by atoms with Crippen LogP contribution in [0.25, 0.3) is 0 Å². The van der Waals surface area contributed by atoms with Crippen molar-refractivity contribution in [1.82, 2.24) is 5.32 Å². The van der Waals surface area contributed by atoms with Crippen LogP contribution in [0.4, 0.5) is 8.78 Å². The van der Waals surface area contributed by atoms with Gasteiger partial charge in [0.2, 0.25) is 0 Å². The maximum atomic E-state index is 13.1. The summed E-state index contributed by atoms with van der Waals surface area (Å²) in [5.74, 6) is -0.863. The average molecular weight is 298 g/mol. The van der Waals surface area contributed by atoms with Crippen LogP contribution in [0.1, 0.15) is 18.5 Å². The van der Waals surface area contributed by atoms with Crippen LogP contribution in [0.2, 0.25) is 5.02 Å². The van der Waals surface area contributed by atoms with Crippen molar-refractivity contribution >= 4 is 11.6 Å². The Balaban J connectivity index is 2.24. The van der Waals surface area contributed by atoms with E-state index in [1.165, 1.54) is 0 Å². The van der Waals surface area contributed by atoms with Gasteiger partial charge >= 0.3 is 0 Å². The van der Waals surface area contributed by atoms with E-state index in [0.717, 1.165) is 23.8 Å². The molecule has 0 spiro atoms. The van der Waals surface area contributed by atoms with E-state index in [4.69, 9.17) is 16.3 Å². The van der Waals surface area contributed by atoms with E-state index >= 15 is 0 Å². The zero-order chi connectivity index (χ0) is 14.7. The maximum Gasteiger partial charge on any atom is 0.133 e. The summed E-state index contributed by atoms with van der Waals surface area (Å²) in [5, 5.41) is 3.61. The van der Waals surface area contributed by atoms with E-state index in [9.17, 15) is 8.78 Å². The van der Waals surface area contributed by atoms with Gasteiger partial charge in [-0.05, 0) is 31.7 Å². The first kappa shape index (κ1) is 14.8. The minimum atomic E-state index is -0.688. The molecule has 2 aromatic rings. The number of nitrogens with one attached hydrogen (secondary N) is 1. The van der Waals surface area contributed by atoms with Gasteiger partial charge in [-0.2, -0.15) is 0 Å². The summed E-state index contributed by atoms with van der Waals surface area (Å²) in [7, 11) is 1.83. The van der Waals surface area contributed by atoms with Gasteiger partial charge in [0.05, 0.1) is 0 Å². The Morgan fingerprint density at radius 2 is 1.70 bits per heavy atom. The Bertz CT molecular complexity index is 599. The van der Waals surface area contributed by atoms with Crippen LogP contribution in [-0.2, 0) is 0 Å². The van der Waals surface area contributed by atoms with Crippen molar-refractivity contribution in [2.24, 2.45) is 0 Å². The number of hydrogen-bond donors (Lipinski definition) is 1. The first-order valence-electron chi connectivity index (χ1n) is 6.10. The predicted octanol–water partition coefficient (Wildman–Crippen LogP) is 4.69. The Kier molecular flexibility index (Phi) is 4.57. The second-order valence-electron chi connectivity index (χ2n) is 4.40. The molecule has 106 valence electrons. The zero-order valence-corrected chi connectivity index (χ0v) is 11.8. The fourth-order valence-electron chi connectivity index (χ4n) is 1.80. The fraction of sp³-hybridized carbons (Fsp3) is 0.200. The van der Waals surface area contributed by atoms with Gasteiger partial charge in [-0.3, -0.25) is 0 Å². The molecular weight excluding hydrogens is 284 g/mol. The summed E-state index contributed by atoms with van der Waals surface area (Å²) >= 11 is 6.16. The number of hydrogen-bond acceptors (Lipinski definition) is 2. The van der Waals surface area contributed by atoms with Gasteiger partial charge in [0.15, 0.2) is 0 Å². The fourth-order valence-corrected chi connectivity index (χ4v) is 2.14. The summed E-state index contributed by atoms with van der Waals surface area (Å²) in [6.45, 7) is 1.98. The van der Waals surface area contributed by atoms with E-state index in [1.807, 2.05) is 20.0 Å². The van der Waals surface area contributed by atoms with Gasteiger partial charge in [-0.25, -0.2) is 8.78 Å². The third-order valence-corrected chi connectivity index (χ3v) is 3.27. The second kappa shape index (κ2) is 6.20. The minimum absolute atomic E-state index is 0.0907. The lowest BCUT2D eigenvalue weighted by atomic mass is 10.1. The third kappa shape index (κ3) is 3.46. The van der Waals surface area contributed by atoms with Crippen molar-refractivity contribution < 1.29 is 13.5 Å². The van der Waals surface area contributed by atoms with Crippen LogP contribution in [0, 0.1) is 11.6 Å². The minimum Gasteiger partial charge on any atom is -0.457 e. The molecule has 0 bridgehead atoms. The monoisotopic (exact) mass is 297 g/mol. The molecule has 0 saturated heterocycles. The molecule has 1 atom stereocenters. The van der Waals surface area contributed by atoms with Gasteiger partial charge < -0.3 is 10.1 Å². The Morgan fingerprint density at radius 1 is 1.05 bits per heavy atom. The van der Waals surface area contributed by atoms with Crippen LogP contribution in [0.3, 0.4) is 0 Å². The molecular formula is C15H14ClF2NO.